The predicted octanol–water partition coefficient (Wildman–Crippen LogP) is 1.89. The van der Waals surface area contributed by atoms with Crippen molar-refractivity contribution in [3.05, 3.63) is 42.6 Å². The van der Waals surface area contributed by atoms with Gasteiger partial charge in [0.05, 0.1) is 5.56 Å². The highest BCUT2D eigenvalue weighted by molar-refractivity contribution is 7.99. The molecule has 0 radical (unpaired) electrons. The summed E-state index contributed by atoms with van der Waals surface area (Å²) in [5.41, 5.74) is 0.605. The zero-order valence-corrected chi connectivity index (χ0v) is 8.48. The molecule has 2 aromatic rings. The van der Waals surface area contributed by atoms with E-state index in [4.69, 9.17) is 5.26 Å². The molecule has 2 aromatic heterocycles. The topological polar surface area (TPSA) is 62.5 Å². The minimum Gasteiger partial charge on any atom is -0.263 e. The van der Waals surface area contributed by atoms with Gasteiger partial charge in [-0.1, -0.05) is 11.8 Å². The monoisotopic (exact) mass is 214 g/mol. The highest BCUT2D eigenvalue weighted by atomic mass is 32.2. The molecule has 0 N–H and O–H groups in total. The second-order valence-corrected chi connectivity index (χ2v) is 3.70. The molecule has 0 aliphatic carbocycles. The molecule has 0 atom stereocenters. The second-order valence-electron chi connectivity index (χ2n) is 2.63. The van der Waals surface area contributed by atoms with Crippen LogP contribution in [0.3, 0.4) is 0 Å². The van der Waals surface area contributed by atoms with E-state index in [0.717, 1.165) is 9.92 Å². The molecule has 5 heteroatoms. The zero-order chi connectivity index (χ0) is 10.5. The maximum atomic E-state index is 8.87. The SMILES string of the molecule is N#Cc1ccncc1Sc1ccncn1. The average molecular weight is 214 g/mol. The fraction of sp³-hybridized carbons (Fsp3) is 0. The molecular formula is C10H6N4S. The van der Waals surface area contributed by atoms with Gasteiger partial charge in [0.1, 0.15) is 17.4 Å². The highest BCUT2D eigenvalue weighted by Gasteiger charge is 2.03. The van der Waals surface area contributed by atoms with Crippen molar-refractivity contribution in [2.24, 2.45) is 0 Å². The molecule has 72 valence electrons. The number of hydrogen-bond acceptors (Lipinski definition) is 5. The third-order valence-corrected chi connectivity index (χ3v) is 2.67. The molecule has 2 rings (SSSR count). The van der Waals surface area contributed by atoms with E-state index in [-0.39, 0.29) is 0 Å². The van der Waals surface area contributed by atoms with E-state index in [1.165, 1.54) is 18.1 Å². The molecule has 2 heterocycles. The van der Waals surface area contributed by atoms with Crippen LogP contribution in [-0.2, 0) is 0 Å². The minimum absolute atomic E-state index is 0.605. The van der Waals surface area contributed by atoms with Crippen molar-refractivity contribution in [2.75, 3.05) is 0 Å². The summed E-state index contributed by atoms with van der Waals surface area (Å²) >= 11 is 1.40. The van der Waals surface area contributed by atoms with Crippen LogP contribution in [0.4, 0.5) is 0 Å². The third-order valence-electron chi connectivity index (χ3n) is 1.67. The highest BCUT2D eigenvalue weighted by Crippen LogP contribution is 2.27. The molecule has 15 heavy (non-hydrogen) atoms. The zero-order valence-electron chi connectivity index (χ0n) is 7.66. The van der Waals surface area contributed by atoms with Gasteiger partial charge in [-0.25, -0.2) is 9.97 Å². The van der Waals surface area contributed by atoms with Crippen molar-refractivity contribution in [2.45, 2.75) is 9.92 Å². The fourth-order valence-corrected chi connectivity index (χ4v) is 1.80. The Morgan fingerprint density at radius 2 is 2.07 bits per heavy atom. The molecule has 0 aromatic carbocycles. The van der Waals surface area contributed by atoms with E-state index in [1.807, 2.05) is 0 Å². The molecule has 0 spiro atoms. The lowest BCUT2D eigenvalue weighted by molar-refractivity contribution is 1.04. The van der Waals surface area contributed by atoms with Crippen LogP contribution in [0.25, 0.3) is 0 Å². The van der Waals surface area contributed by atoms with Crippen molar-refractivity contribution < 1.29 is 0 Å². The summed E-state index contributed by atoms with van der Waals surface area (Å²) in [4.78, 5) is 12.7. The summed E-state index contributed by atoms with van der Waals surface area (Å²) in [6.45, 7) is 0. The maximum absolute atomic E-state index is 8.87. The Kier molecular flexibility index (Phi) is 2.90. The predicted molar refractivity (Wildman–Crippen MR) is 55.1 cm³/mol. The van der Waals surface area contributed by atoms with Crippen LogP contribution in [0.5, 0.6) is 0 Å². The molecule has 4 nitrogen and oxygen atoms in total. The first-order chi connectivity index (χ1) is 7.40. The van der Waals surface area contributed by atoms with E-state index in [0.29, 0.717) is 5.56 Å². The Balaban J connectivity index is 2.29. The van der Waals surface area contributed by atoms with Gasteiger partial charge in [-0.05, 0) is 12.1 Å². The van der Waals surface area contributed by atoms with Gasteiger partial charge in [0.2, 0.25) is 0 Å². The molecule has 0 fully saturated rings. The Morgan fingerprint density at radius 3 is 2.80 bits per heavy atom. The molecule has 0 saturated heterocycles. The summed E-state index contributed by atoms with van der Waals surface area (Å²) in [5, 5.41) is 9.67. The van der Waals surface area contributed by atoms with Crippen LogP contribution in [0.1, 0.15) is 5.56 Å². The number of hydrogen-bond donors (Lipinski definition) is 0. The number of aromatic nitrogens is 3. The van der Waals surface area contributed by atoms with E-state index < -0.39 is 0 Å². The molecule has 0 bridgehead atoms. The number of nitrogens with zero attached hydrogens (tertiary/aromatic N) is 4. The largest absolute Gasteiger partial charge is 0.263 e. The van der Waals surface area contributed by atoms with Crippen molar-refractivity contribution in [3.63, 3.8) is 0 Å². The normalized spacial score (nSPS) is 9.53. The summed E-state index contributed by atoms with van der Waals surface area (Å²) in [5.74, 6) is 0. The van der Waals surface area contributed by atoms with E-state index in [9.17, 15) is 0 Å². The smallest absolute Gasteiger partial charge is 0.116 e. The van der Waals surface area contributed by atoms with E-state index in [2.05, 4.69) is 21.0 Å². The van der Waals surface area contributed by atoms with Gasteiger partial charge in [0.15, 0.2) is 0 Å². The Hall–Kier alpha value is -1.93. The first-order valence-corrected chi connectivity index (χ1v) is 5.00. The van der Waals surface area contributed by atoms with Crippen LogP contribution in [0, 0.1) is 11.3 Å². The van der Waals surface area contributed by atoms with Crippen LogP contribution >= 0.6 is 11.8 Å². The summed E-state index contributed by atoms with van der Waals surface area (Å²) in [6.07, 6.45) is 6.40. The maximum Gasteiger partial charge on any atom is 0.116 e. The van der Waals surface area contributed by atoms with Crippen molar-refractivity contribution in [1.29, 1.82) is 5.26 Å². The summed E-state index contributed by atoms with van der Waals surface area (Å²) in [6, 6.07) is 5.59. The Bertz CT molecular complexity index is 492. The van der Waals surface area contributed by atoms with Gasteiger partial charge >= 0.3 is 0 Å². The third kappa shape index (κ3) is 2.30. The fourth-order valence-electron chi connectivity index (χ4n) is 1.01. The van der Waals surface area contributed by atoms with Crippen molar-refractivity contribution in [1.82, 2.24) is 15.0 Å². The standard InChI is InChI=1S/C10H6N4S/c11-5-8-1-3-12-6-9(8)15-10-2-4-13-7-14-10/h1-4,6-7H. The molecular weight excluding hydrogens is 208 g/mol. The van der Waals surface area contributed by atoms with Crippen molar-refractivity contribution >= 4 is 11.8 Å². The van der Waals surface area contributed by atoms with E-state index >= 15 is 0 Å². The lowest BCUT2D eigenvalue weighted by Crippen LogP contribution is -1.85. The first-order valence-electron chi connectivity index (χ1n) is 4.18. The van der Waals surface area contributed by atoms with Gasteiger partial charge in [0, 0.05) is 23.5 Å². The minimum atomic E-state index is 0.605. The van der Waals surface area contributed by atoms with Crippen LogP contribution in [0.2, 0.25) is 0 Å². The van der Waals surface area contributed by atoms with Crippen LogP contribution in [-0.4, -0.2) is 15.0 Å². The van der Waals surface area contributed by atoms with Crippen LogP contribution in [0.15, 0.2) is 47.0 Å². The Labute approximate surface area is 91.0 Å². The van der Waals surface area contributed by atoms with Crippen LogP contribution < -0.4 is 0 Å². The average Bonchev–Trinajstić information content (AvgIpc) is 2.31. The van der Waals surface area contributed by atoms with E-state index in [1.54, 1.807) is 30.7 Å². The van der Waals surface area contributed by atoms with Gasteiger partial charge in [-0.3, -0.25) is 4.98 Å². The van der Waals surface area contributed by atoms with Crippen molar-refractivity contribution in [3.8, 4) is 6.07 Å². The quantitative estimate of drug-likeness (QED) is 0.714. The number of nitriles is 1. The summed E-state index contributed by atoms with van der Waals surface area (Å²) in [7, 11) is 0. The van der Waals surface area contributed by atoms with Gasteiger partial charge in [-0.15, -0.1) is 0 Å². The summed E-state index contributed by atoms with van der Waals surface area (Å²) < 4.78 is 0. The second kappa shape index (κ2) is 4.53. The first kappa shape index (κ1) is 9.62. The Morgan fingerprint density at radius 1 is 1.20 bits per heavy atom. The lowest BCUT2D eigenvalue weighted by atomic mass is 10.3. The van der Waals surface area contributed by atoms with Gasteiger partial charge in [-0.2, -0.15) is 5.26 Å². The van der Waals surface area contributed by atoms with Gasteiger partial charge < -0.3 is 0 Å². The number of pyridine rings is 1. The molecule has 0 aliphatic rings. The van der Waals surface area contributed by atoms with Gasteiger partial charge in [0.25, 0.3) is 0 Å². The molecule has 0 saturated carbocycles. The molecule has 0 aliphatic heterocycles. The lowest BCUT2D eigenvalue weighted by Gasteiger charge is -2.00. The molecule has 0 amide bonds. The number of rotatable bonds is 2. The molecule has 0 unspecified atom stereocenters.